The van der Waals surface area contributed by atoms with Gasteiger partial charge in [0.05, 0.1) is 0 Å². The molecule has 1 aromatic rings. The second-order valence-corrected chi connectivity index (χ2v) is 2.69. The third kappa shape index (κ3) is 2.48. The minimum absolute atomic E-state index is 0.138. The molecule has 0 atom stereocenters. The van der Waals surface area contributed by atoms with E-state index in [1.807, 2.05) is 30.3 Å². The third-order valence-corrected chi connectivity index (χ3v) is 1.74. The first-order valence-electron chi connectivity index (χ1n) is 4.00. The summed E-state index contributed by atoms with van der Waals surface area (Å²) in [4.78, 5) is 0. The molecule has 5 heteroatoms. The average Bonchev–Trinajstić information content (AvgIpc) is 2.26. The Bertz CT molecular complexity index is 346. The molecule has 5 nitrogen and oxygen atoms in total. The number of oxime groups is 2. The van der Waals surface area contributed by atoms with Gasteiger partial charge < -0.3 is 16.1 Å². The number of nitrogens with two attached hydrogens (primary N) is 1. The largest absolute Gasteiger partial charge is 0.411 e. The van der Waals surface area contributed by atoms with Crippen molar-refractivity contribution in [2.24, 2.45) is 16.0 Å². The molecule has 74 valence electrons. The molecule has 0 aliphatic carbocycles. The summed E-state index contributed by atoms with van der Waals surface area (Å²) >= 11 is 0. The van der Waals surface area contributed by atoms with Crippen molar-refractivity contribution in [3.05, 3.63) is 35.9 Å². The molecule has 0 radical (unpaired) electrons. The Morgan fingerprint density at radius 1 is 1.14 bits per heavy atom. The summed E-state index contributed by atoms with van der Waals surface area (Å²) in [5.41, 5.74) is 6.35. The fourth-order valence-electron chi connectivity index (χ4n) is 1.02. The van der Waals surface area contributed by atoms with Crippen molar-refractivity contribution in [2.45, 2.75) is 6.42 Å². The Morgan fingerprint density at radius 2 is 1.79 bits per heavy atom. The van der Waals surface area contributed by atoms with Crippen LogP contribution < -0.4 is 5.73 Å². The summed E-state index contributed by atoms with van der Waals surface area (Å²) in [6, 6.07) is 9.31. The summed E-state index contributed by atoms with van der Waals surface area (Å²) in [5, 5.41) is 22.7. The predicted molar refractivity (Wildman–Crippen MR) is 52.8 cm³/mol. The van der Waals surface area contributed by atoms with Crippen molar-refractivity contribution in [3.8, 4) is 0 Å². The molecule has 0 heterocycles. The van der Waals surface area contributed by atoms with Crippen molar-refractivity contribution in [3.63, 3.8) is 0 Å². The molecule has 0 unspecified atom stereocenters. The number of benzene rings is 1. The van der Waals surface area contributed by atoms with Crippen LogP contribution in [-0.2, 0) is 6.42 Å². The first kappa shape index (κ1) is 10.0. The highest BCUT2D eigenvalue weighted by Crippen LogP contribution is 2.01. The SMILES string of the molecule is NC(=N/O)/C(Cc1ccccc1)=N\O. The molecule has 0 bridgehead atoms. The molecular formula is C9H11N3O2. The lowest BCUT2D eigenvalue weighted by atomic mass is 10.1. The van der Waals surface area contributed by atoms with Crippen LogP contribution in [0, 0.1) is 0 Å². The Labute approximate surface area is 81.2 Å². The molecule has 1 aromatic carbocycles. The van der Waals surface area contributed by atoms with Gasteiger partial charge in [0, 0.05) is 6.42 Å². The Balaban J connectivity index is 2.78. The number of amidine groups is 1. The zero-order valence-corrected chi connectivity index (χ0v) is 7.46. The van der Waals surface area contributed by atoms with E-state index in [1.165, 1.54) is 0 Å². The minimum Gasteiger partial charge on any atom is -0.411 e. The van der Waals surface area contributed by atoms with Crippen LogP contribution in [0.2, 0.25) is 0 Å². The average molecular weight is 193 g/mol. The van der Waals surface area contributed by atoms with Crippen LogP contribution in [-0.4, -0.2) is 22.0 Å². The Morgan fingerprint density at radius 3 is 2.29 bits per heavy atom. The maximum absolute atomic E-state index is 8.60. The quantitative estimate of drug-likeness (QED) is 0.287. The van der Waals surface area contributed by atoms with Crippen LogP contribution >= 0.6 is 0 Å². The molecule has 0 fully saturated rings. The monoisotopic (exact) mass is 193 g/mol. The maximum Gasteiger partial charge on any atom is 0.188 e. The fourth-order valence-corrected chi connectivity index (χ4v) is 1.02. The molecule has 14 heavy (non-hydrogen) atoms. The van der Waals surface area contributed by atoms with Crippen molar-refractivity contribution in [1.29, 1.82) is 0 Å². The summed E-state index contributed by atoms with van der Waals surface area (Å²) in [6.07, 6.45) is 0.327. The van der Waals surface area contributed by atoms with Crippen molar-refractivity contribution < 1.29 is 10.4 Å². The molecular weight excluding hydrogens is 182 g/mol. The smallest absolute Gasteiger partial charge is 0.188 e. The number of rotatable bonds is 3. The van der Waals surface area contributed by atoms with Crippen LogP contribution in [0.15, 0.2) is 40.6 Å². The van der Waals surface area contributed by atoms with Crippen molar-refractivity contribution >= 4 is 11.5 Å². The molecule has 4 N–H and O–H groups in total. The first-order chi connectivity index (χ1) is 6.77. The number of hydrogen-bond acceptors (Lipinski definition) is 4. The highest BCUT2D eigenvalue weighted by molar-refractivity contribution is 6.40. The standard InChI is InChI=1S/C9H11N3O2/c10-9(12-14)8(11-13)6-7-4-2-1-3-5-7/h1-5,13-14H,6H2,(H2,10,12)/b11-8-. The van der Waals surface area contributed by atoms with Gasteiger partial charge in [0.1, 0.15) is 5.71 Å². The fraction of sp³-hybridized carbons (Fsp3) is 0.111. The molecule has 0 saturated carbocycles. The van der Waals surface area contributed by atoms with Gasteiger partial charge in [0.2, 0.25) is 0 Å². The van der Waals surface area contributed by atoms with Crippen LogP contribution in [0.1, 0.15) is 5.56 Å². The normalized spacial score (nSPS) is 12.9. The van der Waals surface area contributed by atoms with Crippen molar-refractivity contribution in [2.75, 3.05) is 0 Å². The van der Waals surface area contributed by atoms with Gasteiger partial charge in [0.15, 0.2) is 5.84 Å². The molecule has 0 aromatic heterocycles. The Hall–Kier alpha value is -2.04. The van der Waals surface area contributed by atoms with Gasteiger partial charge in [-0.15, -0.1) is 0 Å². The first-order valence-corrected chi connectivity index (χ1v) is 4.00. The molecule has 1 rings (SSSR count). The summed E-state index contributed by atoms with van der Waals surface area (Å²) in [6.45, 7) is 0. The Kier molecular flexibility index (Phi) is 3.49. The van der Waals surface area contributed by atoms with Crippen LogP contribution in [0.25, 0.3) is 0 Å². The van der Waals surface area contributed by atoms with E-state index in [0.29, 0.717) is 6.42 Å². The lowest BCUT2D eigenvalue weighted by molar-refractivity contribution is 0.313. The minimum atomic E-state index is -0.184. The van der Waals surface area contributed by atoms with Gasteiger partial charge in [-0.25, -0.2) is 0 Å². The summed E-state index contributed by atoms with van der Waals surface area (Å²) < 4.78 is 0. The van der Waals surface area contributed by atoms with Gasteiger partial charge in [-0.2, -0.15) is 0 Å². The van der Waals surface area contributed by atoms with E-state index in [9.17, 15) is 0 Å². The highest BCUT2D eigenvalue weighted by Gasteiger charge is 2.07. The lowest BCUT2D eigenvalue weighted by Gasteiger charge is -2.01. The molecule has 0 aliphatic rings. The van der Waals surface area contributed by atoms with E-state index < -0.39 is 0 Å². The second kappa shape index (κ2) is 4.86. The van der Waals surface area contributed by atoms with Gasteiger partial charge in [-0.3, -0.25) is 0 Å². The second-order valence-electron chi connectivity index (χ2n) is 2.69. The zero-order valence-electron chi connectivity index (χ0n) is 7.46. The summed E-state index contributed by atoms with van der Waals surface area (Å²) in [5.74, 6) is -0.184. The molecule has 0 spiro atoms. The van der Waals surface area contributed by atoms with E-state index >= 15 is 0 Å². The molecule has 0 saturated heterocycles. The highest BCUT2D eigenvalue weighted by atomic mass is 16.4. The van der Waals surface area contributed by atoms with E-state index in [-0.39, 0.29) is 11.5 Å². The van der Waals surface area contributed by atoms with Gasteiger partial charge in [0.25, 0.3) is 0 Å². The maximum atomic E-state index is 8.60. The number of nitrogens with zero attached hydrogens (tertiary/aromatic N) is 2. The van der Waals surface area contributed by atoms with E-state index in [1.54, 1.807) is 0 Å². The van der Waals surface area contributed by atoms with Crippen LogP contribution in [0.4, 0.5) is 0 Å². The predicted octanol–water partition coefficient (Wildman–Crippen LogP) is 0.806. The zero-order chi connectivity index (χ0) is 10.4. The van der Waals surface area contributed by atoms with E-state index in [2.05, 4.69) is 10.3 Å². The lowest BCUT2D eigenvalue weighted by Crippen LogP contribution is -2.25. The van der Waals surface area contributed by atoms with Gasteiger partial charge in [-0.1, -0.05) is 40.6 Å². The van der Waals surface area contributed by atoms with Crippen LogP contribution in [0.5, 0.6) is 0 Å². The summed E-state index contributed by atoms with van der Waals surface area (Å²) in [7, 11) is 0. The molecule has 0 aliphatic heterocycles. The van der Waals surface area contributed by atoms with Gasteiger partial charge >= 0.3 is 0 Å². The van der Waals surface area contributed by atoms with E-state index in [0.717, 1.165) is 5.56 Å². The molecule has 0 amide bonds. The van der Waals surface area contributed by atoms with E-state index in [4.69, 9.17) is 16.1 Å². The van der Waals surface area contributed by atoms with Gasteiger partial charge in [-0.05, 0) is 5.56 Å². The topological polar surface area (TPSA) is 91.2 Å². The number of hydrogen-bond donors (Lipinski definition) is 3. The third-order valence-electron chi connectivity index (χ3n) is 1.74. The van der Waals surface area contributed by atoms with Crippen molar-refractivity contribution in [1.82, 2.24) is 0 Å². The van der Waals surface area contributed by atoms with Crippen LogP contribution in [0.3, 0.4) is 0 Å².